The summed E-state index contributed by atoms with van der Waals surface area (Å²) in [5.74, 6) is -2.15. The number of carbonyl (C=O) groups excluding carboxylic acids is 2. The first-order chi connectivity index (χ1) is 19.0. The second kappa shape index (κ2) is 10.1. The second-order valence-electron chi connectivity index (χ2n) is 11.3. The van der Waals surface area contributed by atoms with Crippen LogP contribution in [-0.4, -0.2) is 46.9 Å². The summed E-state index contributed by atoms with van der Waals surface area (Å²) in [5, 5.41) is 25.1. The fraction of sp³-hybridized carbons (Fsp3) is 0.355. The summed E-state index contributed by atoms with van der Waals surface area (Å²) < 4.78 is 11.0. The van der Waals surface area contributed by atoms with E-state index in [1.807, 2.05) is 6.07 Å². The molecule has 1 aliphatic heterocycles. The van der Waals surface area contributed by atoms with Gasteiger partial charge < -0.3 is 14.6 Å². The molecule has 0 unspecified atom stereocenters. The Bertz CT molecular complexity index is 1450. The van der Waals surface area contributed by atoms with Gasteiger partial charge in [-0.1, -0.05) is 60.7 Å². The van der Waals surface area contributed by atoms with Crippen LogP contribution < -0.4 is 9.64 Å². The molecule has 1 aliphatic carbocycles. The highest BCUT2D eigenvalue weighted by Crippen LogP contribution is 2.60. The molecule has 3 aromatic rings. The average molecular weight is 545 g/mol. The molecule has 0 bridgehead atoms. The molecule has 0 radical (unpaired) electrons. The van der Waals surface area contributed by atoms with E-state index in [9.17, 15) is 24.8 Å². The fourth-order valence-electron chi connectivity index (χ4n) is 6.41. The summed E-state index contributed by atoms with van der Waals surface area (Å²) in [5.41, 5.74) is -0.994. The molecule has 5 atom stereocenters. The number of ether oxygens (including phenoxy) is 2. The van der Waals surface area contributed by atoms with E-state index in [0.717, 1.165) is 4.90 Å². The zero-order chi connectivity index (χ0) is 28.8. The van der Waals surface area contributed by atoms with Gasteiger partial charge in [0.05, 0.1) is 30.7 Å². The predicted molar refractivity (Wildman–Crippen MR) is 148 cm³/mol. The minimum absolute atomic E-state index is 0.0572. The van der Waals surface area contributed by atoms with Gasteiger partial charge in [0.2, 0.25) is 6.04 Å². The summed E-state index contributed by atoms with van der Waals surface area (Å²) in [6.07, 6.45) is -2.31. The Morgan fingerprint density at radius 1 is 1.02 bits per heavy atom. The lowest BCUT2D eigenvalue weighted by molar-refractivity contribution is -0.537. The highest BCUT2D eigenvalue weighted by molar-refractivity contribution is 6.22. The third kappa shape index (κ3) is 4.30. The summed E-state index contributed by atoms with van der Waals surface area (Å²) in [4.78, 5) is 41.7. The molecule has 1 N–H and O–H groups in total. The number of aliphatic hydroxyl groups excluding tert-OH is 1. The van der Waals surface area contributed by atoms with Crippen molar-refractivity contribution in [3.63, 3.8) is 0 Å². The van der Waals surface area contributed by atoms with E-state index in [2.05, 4.69) is 0 Å². The van der Waals surface area contributed by atoms with E-state index in [-0.39, 0.29) is 17.0 Å². The number of amides is 2. The zero-order valence-corrected chi connectivity index (χ0v) is 22.8. The van der Waals surface area contributed by atoms with Gasteiger partial charge in [-0.3, -0.25) is 14.9 Å². The number of para-hydroxylation sites is 1. The molecular formula is C31H32N2O7. The summed E-state index contributed by atoms with van der Waals surface area (Å²) >= 11 is 0. The van der Waals surface area contributed by atoms with Gasteiger partial charge in [-0.2, -0.15) is 0 Å². The molecule has 1 fully saturated rings. The Balaban J connectivity index is 1.79. The summed E-state index contributed by atoms with van der Waals surface area (Å²) in [6, 6.07) is 21.1. The van der Waals surface area contributed by atoms with Crippen LogP contribution in [0.25, 0.3) is 0 Å². The van der Waals surface area contributed by atoms with Gasteiger partial charge in [0, 0.05) is 4.92 Å². The molecule has 9 nitrogen and oxygen atoms in total. The molecule has 1 spiro atoms. The lowest BCUT2D eigenvalue weighted by atomic mass is 9.54. The molecule has 0 saturated heterocycles. The normalized spacial score (nSPS) is 25.9. The number of imide groups is 1. The largest absolute Gasteiger partial charge is 0.497 e. The van der Waals surface area contributed by atoms with Crippen molar-refractivity contribution < 1.29 is 29.1 Å². The number of hydrogen-bond acceptors (Lipinski definition) is 7. The SMILES string of the molecule is COc1cccc([C@H]2[C@H]([N+](=O)[O-])[C@H](c3ccccc3)C[C@@H](O)[C@@]23C(=O)N(C(=O)OC(C)(C)C)c2ccccc23)c1. The standard InChI is InChI=1S/C31H32N2O7/c1-30(2,3)40-29(36)32-24-16-9-8-15-23(24)31(28(32)35)25(34)18-22(19-11-6-5-7-12-19)27(33(37)38)26(31)20-13-10-14-21(17-20)39-4/h5-17,22,25-27,34H,18H2,1-4H3/t22-,25+,26-,27+,31+/m0/s1. The maximum absolute atomic E-state index is 14.6. The Morgan fingerprint density at radius 3 is 2.33 bits per heavy atom. The Labute approximate surface area is 232 Å². The van der Waals surface area contributed by atoms with Crippen molar-refractivity contribution in [1.82, 2.24) is 0 Å². The van der Waals surface area contributed by atoms with E-state index >= 15 is 0 Å². The van der Waals surface area contributed by atoms with Crippen molar-refractivity contribution in [2.24, 2.45) is 0 Å². The zero-order valence-electron chi connectivity index (χ0n) is 22.8. The lowest BCUT2D eigenvalue weighted by Gasteiger charge is -2.47. The highest BCUT2D eigenvalue weighted by Gasteiger charge is 2.69. The number of fused-ring (bicyclic) bond motifs is 2. The first-order valence-electron chi connectivity index (χ1n) is 13.2. The van der Waals surface area contributed by atoms with E-state index in [4.69, 9.17) is 9.47 Å². The average Bonchev–Trinajstić information content (AvgIpc) is 3.18. The monoisotopic (exact) mass is 544 g/mol. The van der Waals surface area contributed by atoms with Gasteiger partial charge in [-0.05, 0) is 62.1 Å². The van der Waals surface area contributed by atoms with Crippen LogP contribution in [0, 0.1) is 10.1 Å². The maximum Gasteiger partial charge on any atom is 0.421 e. The smallest absolute Gasteiger partial charge is 0.421 e. The molecule has 3 aromatic carbocycles. The van der Waals surface area contributed by atoms with Gasteiger partial charge in [0.1, 0.15) is 16.8 Å². The van der Waals surface area contributed by atoms with E-state index in [1.165, 1.54) is 7.11 Å². The molecule has 2 aliphatic rings. The van der Waals surface area contributed by atoms with Crippen LogP contribution in [0.4, 0.5) is 10.5 Å². The number of hydrogen-bond donors (Lipinski definition) is 1. The van der Waals surface area contributed by atoms with E-state index in [1.54, 1.807) is 93.6 Å². The number of nitro groups is 1. The van der Waals surface area contributed by atoms with Gasteiger partial charge in [0.15, 0.2) is 0 Å². The fourth-order valence-corrected chi connectivity index (χ4v) is 6.41. The van der Waals surface area contributed by atoms with E-state index in [0.29, 0.717) is 22.4 Å². The van der Waals surface area contributed by atoms with Crippen molar-refractivity contribution in [2.75, 3.05) is 12.0 Å². The number of aliphatic hydroxyl groups is 1. The summed E-state index contributed by atoms with van der Waals surface area (Å²) in [7, 11) is 1.49. The topological polar surface area (TPSA) is 119 Å². The van der Waals surface area contributed by atoms with Crippen molar-refractivity contribution in [2.45, 2.75) is 62.2 Å². The molecule has 5 rings (SSSR count). The van der Waals surface area contributed by atoms with Crippen molar-refractivity contribution in [3.05, 3.63) is 106 Å². The summed E-state index contributed by atoms with van der Waals surface area (Å²) in [6.45, 7) is 5.07. The Kier molecular flexibility index (Phi) is 6.87. The number of rotatable bonds is 4. The second-order valence-corrected chi connectivity index (χ2v) is 11.3. The van der Waals surface area contributed by atoms with Crippen molar-refractivity contribution in [1.29, 1.82) is 0 Å². The number of anilines is 1. The molecule has 9 heteroatoms. The van der Waals surface area contributed by atoms with Crippen LogP contribution >= 0.6 is 0 Å². The first kappa shape index (κ1) is 27.3. The van der Waals surface area contributed by atoms with E-state index < -0.39 is 47.0 Å². The van der Waals surface area contributed by atoms with Crippen LogP contribution in [0.3, 0.4) is 0 Å². The number of carbonyl (C=O) groups is 2. The van der Waals surface area contributed by atoms with Gasteiger partial charge in [-0.25, -0.2) is 9.69 Å². The van der Waals surface area contributed by atoms with Gasteiger partial charge in [-0.15, -0.1) is 0 Å². The molecule has 2 amide bonds. The molecule has 1 heterocycles. The molecule has 0 aromatic heterocycles. The van der Waals surface area contributed by atoms with Crippen LogP contribution in [0.5, 0.6) is 5.75 Å². The minimum Gasteiger partial charge on any atom is -0.497 e. The third-order valence-electron chi connectivity index (χ3n) is 7.89. The minimum atomic E-state index is -1.83. The third-order valence-corrected chi connectivity index (χ3v) is 7.89. The van der Waals surface area contributed by atoms with Crippen LogP contribution in [0.15, 0.2) is 78.9 Å². The Morgan fingerprint density at radius 2 is 1.68 bits per heavy atom. The molecule has 40 heavy (non-hydrogen) atoms. The van der Waals surface area contributed by atoms with Crippen LogP contribution in [0.1, 0.15) is 55.7 Å². The maximum atomic E-state index is 14.6. The predicted octanol–water partition coefficient (Wildman–Crippen LogP) is 5.19. The Hall–Kier alpha value is -4.24. The first-order valence-corrected chi connectivity index (χ1v) is 13.2. The number of benzene rings is 3. The highest BCUT2D eigenvalue weighted by atomic mass is 16.6. The van der Waals surface area contributed by atoms with Crippen LogP contribution in [0.2, 0.25) is 0 Å². The number of nitrogens with zero attached hydrogens (tertiary/aromatic N) is 2. The number of methoxy groups -OCH3 is 1. The van der Waals surface area contributed by atoms with Gasteiger partial charge >= 0.3 is 6.09 Å². The van der Waals surface area contributed by atoms with Gasteiger partial charge in [0.25, 0.3) is 5.91 Å². The van der Waals surface area contributed by atoms with Crippen LogP contribution in [-0.2, 0) is 14.9 Å². The molecule has 208 valence electrons. The molecule has 1 saturated carbocycles. The van der Waals surface area contributed by atoms with Crippen molar-refractivity contribution in [3.8, 4) is 5.75 Å². The quantitative estimate of drug-likeness (QED) is 0.354. The van der Waals surface area contributed by atoms with Crippen molar-refractivity contribution >= 4 is 17.7 Å². The molecular weight excluding hydrogens is 512 g/mol. The lowest BCUT2D eigenvalue weighted by Crippen LogP contribution is -2.62.